The summed E-state index contributed by atoms with van der Waals surface area (Å²) in [5.74, 6) is 0. The molecular formula is C21H46NO2+. The minimum Gasteiger partial charge on any atom is -0.390 e. The van der Waals surface area contributed by atoms with Crippen LogP contribution in [0, 0.1) is 0 Å². The number of aliphatic hydroxyl groups excluding tert-OH is 2. The molecule has 0 amide bonds. The predicted octanol–water partition coefficient (Wildman–Crippen LogP) is 4.90. The van der Waals surface area contributed by atoms with Gasteiger partial charge in [0.2, 0.25) is 0 Å². The maximum absolute atomic E-state index is 10.0. The molecule has 0 unspecified atom stereocenters. The van der Waals surface area contributed by atoms with Crippen LogP contribution in [0.1, 0.15) is 96.8 Å². The van der Waals surface area contributed by atoms with E-state index in [1.54, 1.807) is 0 Å². The Morgan fingerprint density at radius 1 is 0.583 bits per heavy atom. The molecule has 0 fully saturated rings. The van der Waals surface area contributed by atoms with Crippen molar-refractivity contribution in [3.05, 3.63) is 0 Å². The molecule has 3 heteroatoms. The van der Waals surface area contributed by atoms with Crippen LogP contribution in [0.2, 0.25) is 0 Å². The fourth-order valence-electron chi connectivity index (χ4n) is 3.17. The molecule has 2 atom stereocenters. The summed E-state index contributed by atoms with van der Waals surface area (Å²) < 4.78 is 1.06. The molecule has 0 radical (unpaired) electrons. The first-order chi connectivity index (χ1) is 11.4. The van der Waals surface area contributed by atoms with E-state index in [1.807, 2.05) is 0 Å². The number of hydrogen-bond donors (Lipinski definition) is 2. The first kappa shape index (κ1) is 23.9. The molecule has 0 rings (SSSR count). The summed E-state index contributed by atoms with van der Waals surface area (Å²) in [5.41, 5.74) is 0. The molecule has 0 aromatic rings. The van der Waals surface area contributed by atoms with Gasteiger partial charge < -0.3 is 14.7 Å². The smallest absolute Gasteiger partial charge is 0.0799 e. The summed E-state index contributed by atoms with van der Waals surface area (Å²) in [4.78, 5) is 0. The third-order valence-corrected chi connectivity index (χ3v) is 4.88. The zero-order valence-corrected chi connectivity index (χ0v) is 17.1. The Balaban J connectivity index is 3.39. The minimum atomic E-state index is -0.515. The first-order valence-electron chi connectivity index (χ1n) is 10.5. The van der Waals surface area contributed by atoms with Gasteiger partial charge in [-0.05, 0) is 25.7 Å². The molecule has 0 saturated heterocycles. The van der Waals surface area contributed by atoms with Gasteiger partial charge in [-0.15, -0.1) is 0 Å². The monoisotopic (exact) mass is 344 g/mol. The maximum Gasteiger partial charge on any atom is 0.0799 e. The highest BCUT2D eigenvalue weighted by molar-refractivity contribution is 4.67. The van der Waals surface area contributed by atoms with Crippen LogP contribution in [0.25, 0.3) is 0 Å². The summed E-state index contributed by atoms with van der Waals surface area (Å²) in [6.45, 7) is 3.48. The van der Waals surface area contributed by atoms with Crippen molar-refractivity contribution in [3.8, 4) is 0 Å². The molecule has 0 bridgehead atoms. The van der Waals surface area contributed by atoms with Gasteiger partial charge in [-0.3, -0.25) is 0 Å². The van der Waals surface area contributed by atoms with Crippen molar-refractivity contribution in [1.82, 2.24) is 0 Å². The standard InChI is InChI=1S/C21H46NO2/c1-5-6-7-8-11-14-17-20(23)21(24)18-15-12-9-10-13-16-19-22(2,3)4/h20-21,23-24H,5-19H2,1-4H3/q+1/t20-,21-/m0/s1. The van der Waals surface area contributed by atoms with E-state index in [1.165, 1.54) is 70.8 Å². The molecule has 146 valence electrons. The Morgan fingerprint density at radius 2 is 0.958 bits per heavy atom. The molecule has 2 N–H and O–H groups in total. The van der Waals surface area contributed by atoms with Crippen LogP contribution in [0.5, 0.6) is 0 Å². The van der Waals surface area contributed by atoms with Crippen LogP contribution in [-0.2, 0) is 0 Å². The van der Waals surface area contributed by atoms with Crippen molar-refractivity contribution in [3.63, 3.8) is 0 Å². The van der Waals surface area contributed by atoms with Crippen molar-refractivity contribution in [2.45, 2.75) is 109 Å². The average molecular weight is 345 g/mol. The highest BCUT2D eigenvalue weighted by Crippen LogP contribution is 2.15. The van der Waals surface area contributed by atoms with Crippen molar-refractivity contribution in [2.24, 2.45) is 0 Å². The second-order valence-electron chi connectivity index (χ2n) is 8.62. The quantitative estimate of drug-likeness (QED) is 0.291. The van der Waals surface area contributed by atoms with Crippen molar-refractivity contribution in [2.75, 3.05) is 27.7 Å². The molecule has 0 aromatic carbocycles. The number of aliphatic hydroxyl groups is 2. The largest absolute Gasteiger partial charge is 0.390 e. The maximum atomic E-state index is 10.0. The van der Waals surface area contributed by atoms with Crippen LogP contribution < -0.4 is 0 Å². The zero-order valence-electron chi connectivity index (χ0n) is 17.1. The summed E-state index contributed by atoms with van der Waals surface area (Å²) in [6.07, 6.45) is 15.3. The normalized spacial score (nSPS) is 14.8. The topological polar surface area (TPSA) is 40.5 Å². The molecular weight excluding hydrogens is 298 g/mol. The van der Waals surface area contributed by atoms with Gasteiger partial charge in [0.15, 0.2) is 0 Å². The molecule has 0 aliphatic rings. The summed E-state index contributed by atoms with van der Waals surface area (Å²) in [6, 6.07) is 0. The predicted molar refractivity (Wildman–Crippen MR) is 105 cm³/mol. The Labute approximate surface area is 152 Å². The molecule has 0 heterocycles. The fourth-order valence-corrected chi connectivity index (χ4v) is 3.17. The van der Waals surface area contributed by atoms with Gasteiger partial charge in [0.1, 0.15) is 0 Å². The van der Waals surface area contributed by atoms with E-state index in [-0.39, 0.29) is 0 Å². The molecule has 0 spiro atoms. The molecule has 3 nitrogen and oxygen atoms in total. The van der Waals surface area contributed by atoms with Crippen LogP contribution >= 0.6 is 0 Å². The van der Waals surface area contributed by atoms with E-state index in [2.05, 4.69) is 28.1 Å². The van der Waals surface area contributed by atoms with Crippen LogP contribution in [0.4, 0.5) is 0 Å². The molecule has 0 saturated carbocycles. The minimum absolute atomic E-state index is 0.513. The van der Waals surface area contributed by atoms with E-state index in [4.69, 9.17) is 0 Å². The highest BCUT2D eigenvalue weighted by Gasteiger charge is 2.15. The van der Waals surface area contributed by atoms with Gasteiger partial charge in [-0.25, -0.2) is 0 Å². The summed E-state index contributed by atoms with van der Waals surface area (Å²) >= 11 is 0. The second kappa shape index (κ2) is 15.2. The van der Waals surface area contributed by atoms with Gasteiger partial charge >= 0.3 is 0 Å². The van der Waals surface area contributed by atoms with Crippen molar-refractivity contribution < 1.29 is 14.7 Å². The van der Waals surface area contributed by atoms with Gasteiger partial charge in [0, 0.05) is 0 Å². The number of quaternary nitrogens is 1. The second-order valence-corrected chi connectivity index (χ2v) is 8.62. The number of nitrogens with zero attached hydrogens (tertiary/aromatic N) is 1. The van der Waals surface area contributed by atoms with Crippen molar-refractivity contribution in [1.29, 1.82) is 0 Å². The summed E-state index contributed by atoms with van der Waals surface area (Å²) in [7, 11) is 6.74. The van der Waals surface area contributed by atoms with Gasteiger partial charge in [-0.2, -0.15) is 0 Å². The van der Waals surface area contributed by atoms with E-state index in [0.717, 1.165) is 30.2 Å². The lowest BCUT2D eigenvalue weighted by molar-refractivity contribution is -0.870. The van der Waals surface area contributed by atoms with Crippen LogP contribution in [0.3, 0.4) is 0 Å². The third kappa shape index (κ3) is 16.7. The number of unbranched alkanes of at least 4 members (excludes halogenated alkanes) is 10. The Hall–Kier alpha value is -0.120. The average Bonchev–Trinajstić information content (AvgIpc) is 2.51. The zero-order chi connectivity index (χ0) is 18.3. The van der Waals surface area contributed by atoms with Gasteiger partial charge in [0.25, 0.3) is 0 Å². The Kier molecular flexibility index (Phi) is 15.1. The Bertz CT molecular complexity index is 263. The third-order valence-electron chi connectivity index (χ3n) is 4.88. The molecule has 0 aromatic heterocycles. The highest BCUT2D eigenvalue weighted by atomic mass is 16.3. The van der Waals surface area contributed by atoms with Crippen LogP contribution in [0.15, 0.2) is 0 Å². The van der Waals surface area contributed by atoms with Gasteiger partial charge in [0.05, 0.1) is 39.9 Å². The molecule has 0 aliphatic heterocycles. The van der Waals surface area contributed by atoms with E-state index < -0.39 is 12.2 Å². The van der Waals surface area contributed by atoms with E-state index in [9.17, 15) is 10.2 Å². The van der Waals surface area contributed by atoms with Crippen molar-refractivity contribution >= 4 is 0 Å². The number of rotatable bonds is 17. The fraction of sp³-hybridized carbons (Fsp3) is 1.00. The lowest BCUT2D eigenvalue weighted by Crippen LogP contribution is -2.35. The van der Waals surface area contributed by atoms with Gasteiger partial charge in [-0.1, -0.05) is 71.1 Å². The SMILES string of the molecule is CCCCCCCC[C@H](O)[C@@H](O)CCCCCCCC[N+](C)(C)C. The van der Waals surface area contributed by atoms with E-state index >= 15 is 0 Å². The number of hydrogen-bond acceptors (Lipinski definition) is 2. The summed E-state index contributed by atoms with van der Waals surface area (Å²) in [5, 5.41) is 20.1. The van der Waals surface area contributed by atoms with E-state index in [0.29, 0.717) is 0 Å². The Morgan fingerprint density at radius 3 is 1.38 bits per heavy atom. The van der Waals surface area contributed by atoms with Crippen LogP contribution in [-0.4, -0.2) is 54.6 Å². The molecule has 0 aliphatic carbocycles. The molecule has 24 heavy (non-hydrogen) atoms. The first-order valence-corrected chi connectivity index (χ1v) is 10.5. The lowest BCUT2D eigenvalue weighted by atomic mass is 9.99. The lowest BCUT2D eigenvalue weighted by Gasteiger charge is -2.23.